The minimum absolute atomic E-state index is 0.110. The number of Topliss-reactive ketones (excluding diaryl/α,β-unsaturated/α-hetero) is 1. The monoisotopic (exact) mass is 512 g/mol. The summed E-state index contributed by atoms with van der Waals surface area (Å²) in [5.74, 6) is 0.372. The fourth-order valence-electron chi connectivity index (χ4n) is 4.60. The molecular formula is C32H36N2O4. The molecule has 0 unspecified atom stereocenters. The van der Waals surface area contributed by atoms with E-state index in [4.69, 9.17) is 9.47 Å². The van der Waals surface area contributed by atoms with Crippen LogP contribution in [0.2, 0.25) is 0 Å². The van der Waals surface area contributed by atoms with Crippen LogP contribution in [0.25, 0.3) is 0 Å². The van der Waals surface area contributed by atoms with Gasteiger partial charge in [-0.1, -0.05) is 60.2 Å². The first-order valence-corrected chi connectivity index (χ1v) is 13.2. The predicted octanol–water partition coefficient (Wildman–Crippen LogP) is 6.34. The highest BCUT2D eigenvalue weighted by Crippen LogP contribution is 2.40. The van der Waals surface area contributed by atoms with Gasteiger partial charge in [0.2, 0.25) is 0 Å². The van der Waals surface area contributed by atoms with Crippen molar-refractivity contribution in [2.45, 2.75) is 46.3 Å². The Balaban J connectivity index is 1.79. The summed E-state index contributed by atoms with van der Waals surface area (Å²) in [6.45, 7) is 9.47. The second kappa shape index (κ2) is 12.6. The molecule has 6 heteroatoms. The number of aryl methyl sites for hydroxylation is 1. The van der Waals surface area contributed by atoms with E-state index in [1.807, 2.05) is 94.4 Å². The van der Waals surface area contributed by atoms with Crippen molar-refractivity contribution in [2.24, 2.45) is 0 Å². The van der Waals surface area contributed by atoms with Crippen LogP contribution in [-0.2, 0) is 9.53 Å². The summed E-state index contributed by atoms with van der Waals surface area (Å²) >= 11 is 0. The molecule has 3 aromatic rings. The molecule has 0 aliphatic carbocycles. The molecule has 1 amide bonds. The molecule has 198 valence electrons. The zero-order valence-corrected chi connectivity index (χ0v) is 22.6. The van der Waals surface area contributed by atoms with E-state index >= 15 is 0 Å². The van der Waals surface area contributed by atoms with Gasteiger partial charge in [0.1, 0.15) is 11.4 Å². The summed E-state index contributed by atoms with van der Waals surface area (Å²) in [6.07, 6.45) is 0.764. The fourth-order valence-corrected chi connectivity index (χ4v) is 4.60. The van der Waals surface area contributed by atoms with Gasteiger partial charge >= 0.3 is 0 Å². The highest BCUT2D eigenvalue weighted by atomic mass is 16.5. The molecule has 1 heterocycles. The molecule has 38 heavy (non-hydrogen) atoms. The van der Waals surface area contributed by atoms with E-state index in [9.17, 15) is 9.59 Å². The van der Waals surface area contributed by atoms with E-state index in [0.29, 0.717) is 43.0 Å². The molecule has 1 N–H and O–H groups in total. The smallest absolute Gasteiger partial charge is 0.271 e. The van der Waals surface area contributed by atoms with Gasteiger partial charge in [-0.05, 0) is 63.9 Å². The van der Waals surface area contributed by atoms with Crippen LogP contribution in [0.15, 0.2) is 90.1 Å². The topological polar surface area (TPSA) is 67.9 Å². The number of hydrogen-bond acceptors (Lipinski definition) is 5. The summed E-state index contributed by atoms with van der Waals surface area (Å²) in [7, 11) is 0. The van der Waals surface area contributed by atoms with E-state index < -0.39 is 6.04 Å². The van der Waals surface area contributed by atoms with Gasteiger partial charge in [-0.15, -0.1) is 0 Å². The van der Waals surface area contributed by atoms with Crippen molar-refractivity contribution in [2.75, 3.05) is 25.1 Å². The van der Waals surface area contributed by atoms with E-state index in [-0.39, 0.29) is 17.8 Å². The number of rotatable bonds is 12. The number of carbonyl (C=O) groups is 2. The largest absolute Gasteiger partial charge is 0.494 e. The third-order valence-corrected chi connectivity index (χ3v) is 6.43. The highest BCUT2D eigenvalue weighted by Gasteiger charge is 2.43. The van der Waals surface area contributed by atoms with Gasteiger partial charge < -0.3 is 19.7 Å². The van der Waals surface area contributed by atoms with Crippen molar-refractivity contribution in [1.29, 1.82) is 0 Å². The lowest BCUT2D eigenvalue weighted by Crippen LogP contribution is -2.33. The predicted molar refractivity (Wildman–Crippen MR) is 150 cm³/mol. The Morgan fingerprint density at radius 2 is 1.66 bits per heavy atom. The van der Waals surface area contributed by atoms with Crippen LogP contribution >= 0.6 is 0 Å². The molecule has 0 bridgehead atoms. The van der Waals surface area contributed by atoms with E-state index in [0.717, 1.165) is 22.6 Å². The summed E-state index contributed by atoms with van der Waals surface area (Å²) in [4.78, 5) is 29.8. The number of nitrogens with zero attached hydrogens (tertiary/aromatic N) is 1. The van der Waals surface area contributed by atoms with Gasteiger partial charge in [-0.25, -0.2) is 0 Å². The average Bonchev–Trinajstić information content (AvgIpc) is 3.19. The summed E-state index contributed by atoms with van der Waals surface area (Å²) in [6, 6.07) is 24.0. The fraction of sp³-hybridized carbons (Fsp3) is 0.312. The van der Waals surface area contributed by atoms with Gasteiger partial charge in [0.15, 0.2) is 5.78 Å². The van der Waals surface area contributed by atoms with Crippen LogP contribution < -0.4 is 10.1 Å². The minimum Gasteiger partial charge on any atom is -0.494 e. The molecule has 1 aliphatic rings. The van der Waals surface area contributed by atoms with Crippen LogP contribution in [0.4, 0.5) is 5.69 Å². The molecular weight excluding hydrogens is 476 g/mol. The van der Waals surface area contributed by atoms with Crippen molar-refractivity contribution in [3.8, 4) is 5.75 Å². The summed E-state index contributed by atoms with van der Waals surface area (Å²) in [5, 5.41) is 3.30. The Bertz CT molecular complexity index is 1270. The maximum absolute atomic E-state index is 14.0. The third kappa shape index (κ3) is 6.32. The molecule has 0 spiro atoms. The number of anilines is 1. The Morgan fingerprint density at radius 3 is 2.29 bits per heavy atom. The molecule has 0 saturated carbocycles. The van der Waals surface area contributed by atoms with E-state index in [2.05, 4.69) is 5.32 Å². The molecule has 0 radical (unpaired) electrons. The van der Waals surface area contributed by atoms with Crippen molar-refractivity contribution in [3.05, 3.63) is 107 Å². The molecule has 6 nitrogen and oxygen atoms in total. The second-order valence-corrected chi connectivity index (χ2v) is 9.65. The maximum Gasteiger partial charge on any atom is 0.271 e. The van der Waals surface area contributed by atoms with Crippen LogP contribution in [0.3, 0.4) is 0 Å². The molecule has 0 fully saturated rings. The van der Waals surface area contributed by atoms with Gasteiger partial charge in [-0.2, -0.15) is 0 Å². The van der Waals surface area contributed by atoms with Gasteiger partial charge in [0.25, 0.3) is 5.91 Å². The summed E-state index contributed by atoms with van der Waals surface area (Å²) in [5.41, 5.74) is 4.02. The summed E-state index contributed by atoms with van der Waals surface area (Å²) < 4.78 is 11.4. The van der Waals surface area contributed by atoms with Crippen LogP contribution in [0.1, 0.15) is 54.7 Å². The number of carbonyl (C=O) groups excluding carboxylic acids is 2. The van der Waals surface area contributed by atoms with E-state index in [1.54, 1.807) is 17.0 Å². The number of hydrogen-bond donors (Lipinski definition) is 1. The number of ether oxygens (including phenoxy) is 2. The Kier molecular flexibility index (Phi) is 8.98. The number of ketones is 1. The standard InChI is InChI=1S/C32H36N2O4/c1-5-37-27-18-14-24(15-19-27)30-28(31(35)25-10-7-6-8-11-25)29(33-26-16-12-23(4)13-17-26)32(36)34(30)20-9-21-38-22(2)3/h6-8,10-19,22,30,33H,5,9,20-21H2,1-4H3/t30-/m0/s1. The minimum atomic E-state index is -0.544. The van der Waals surface area contributed by atoms with Gasteiger partial charge in [-0.3, -0.25) is 9.59 Å². The lowest BCUT2D eigenvalue weighted by molar-refractivity contribution is -0.127. The molecule has 3 aromatic carbocycles. The first kappa shape index (κ1) is 27.1. The number of benzene rings is 3. The van der Waals surface area contributed by atoms with Gasteiger partial charge in [0.05, 0.1) is 24.3 Å². The van der Waals surface area contributed by atoms with Crippen LogP contribution in [0, 0.1) is 6.92 Å². The van der Waals surface area contributed by atoms with Crippen molar-refractivity contribution >= 4 is 17.4 Å². The van der Waals surface area contributed by atoms with Crippen molar-refractivity contribution < 1.29 is 19.1 Å². The SMILES string of the molecule is CCOc1ccc([C@H]2C(C(=O)c3ccccc3)=C(Nc3ccc(C)cc3)C(=O)N2CCCOC(C)C)cc1. The zero-order chi connectivity index (χ0) is 27.1. The van der Waals surface area contributed by atoms with Gasteiger partial charge in [0, 0.05) is 24.4 Å². The zero-order valence-electron chi connectivity index (χ0n) is 22.6. The lowest BCUT2D eigenvalue weighted by Gasteiger charge is -2.27. The molecule has 1 aliphatic heterocycles. The molecule has 0 saturated heterocycles. The van der Waals surface area contributed by atoms with Crippen LogP contribution in [-0.4, -0.2) is 42.5 Å². The molecule has 0 aromatic heterocycles. The Hall–Kier alpha value is -3.90. The Morgan fingerprint density at radius 1 is 0.974 bits per heavy atom. The average molecular weight is 513 g/mol. The van der Waals surface area contributed by atoms with Crippen molar-refractivity contribution in [3.63, 3.8) is 0 Å². The van der Waals surface area contributed by atoms with Crippen molar-refractivity contribution in [1.82, 2.24) is 4.90 Å². The normalized spacial score (nSPS) is 15.3. The lowest BCUT2D eigenvalue weighted by atomic mass is 9.92. The maximum atomic E-state index is 14.0. The van der Waals surface area contributed by atoms with E-state index in [1.165, 1.54) is 0 Å². The number of nitrogens with one attached hydrogen (secondary N) is 1. The molecule has 4 rings (SSSR count). The Labute approximate surface area is 225 Å². The highest BCUT2D eigenvalue weighted by molar-refractivity contribution is 6.18. The molecule has 1 atom stereocenters. The first-order valence-electron chi connectivity index (χ1n) is 13.2. The first-order chi connectivity index (χ1) is 18.4. The third-order valence-electron chi connectivity index (χ3n) is 6.43. The second-order valence-electron chi connectivity index (χ2n) is 9.65. The quantitative estimate of drug-likeness (QED) is 0.227. The number of amides is 1. The van der Waals surface area contributed by atoms with Crippen LogP contribution in [0.5, 0.6) is 5.75 Å².